The number of aliphatic hydroxyl groups is 1. The van der Waals surface area contributed by atoms with E-state index < -0.39 is 0 Å². The highest BCUT2D eigenvalue weighted by Gasteiger charge is 2.15. The van der Waals surface area contributed by atoms with Gasteiger partial charge in [0.1, 0.15) is 5.75 Å². The Hall–Kier alpha value is -2.01. The van der Waals surface area contributed by atoms with E-state index in [0.717, 1.165) is 0 Å². The van der Waals surface area contributed by atoms with Crippen LogP contribution in [-0.2, 0) is 0 Å². The minimum absolute atomic E-state index is 0.0916. The molecule has 0 saturated heterocycles. The van der Waals surface area contributed by atoms with E-state index in [1.165, 1.54) is 12.0 Å². The van der Waals surface area contributed by atoms with Crippen LogP contribution in [0.2, 0.25) is 0 Å². The van der Waals surface area contributed by atoms with Crippen molar-refractivity contribution in [1.82, 2.24) is 4.90 Å². The molecule has 0 aliphatic carbocycles. The first-order valence-corrected chi connectivity index (χ1v) is 5.58. The van der Waals surface area contributed by atoms with Crippen molar-refractivity contribution in [3.05, 3.63) is 36.4 Å². The van der Waals surface area contributed by atoms with Crippen LogP contribution in [0.15, 0.2) is 30.9 Å². The first kappa shape index (κ1) is 14.1. The minimum Gasteiger partial charge on any atom is -0.495 e. The molecule has 0 aliphatic rings. The number of rotatable bonds is 6. The fourth-order valence-corrected chi connectivity index (χ4v) is 1.58. The number of hydrogen-bond donors (Lipinski definition) is 2. The summed E-state index contributed by atoms with van der Waals surface area (Å²) >= 11 is 0. The molecule has 5 nitrogen and oxygen atoms in total. The predicted octanol–water partition coefficient (Wildman–Crippen LogP) is 0.898. The van der Waals surface area contributed by atoms with Gasteiger partial charge in [-0.2, -0.15) is 0 Å². The molecular weight excluding hydrogens is 232 g/mol. The van der Waals surface area contributed by atoms with Crippen LogP contribution in [0.3, 0.4) is 0 Å². The quantitative estimate of drug-likeness (QED) is 0.581. The molecule has 98 valence electrons. The van der Waals surface area contributed by atoms with E-state index in [9.17, 15) is 4.79 Å². The number of nitrogens with two attached hydrogens (primary N) is 1. The number of carbonyl (C=O) groups excluding carboxylic acids is 1. The molecule has 0 radical (unpaired) electrons. The fourth-order valence-electron chi connectivity index (χ4n) is 1.58. The third kappa shape index (κ3) is 3.24. The zero-order valence-corrected chi connectivity index (χ0v) is 10.4. The second-order valence-electron chi connectivity index (χ2n) is 3.72. The molecule has 0 aliphatic heterocycles. The van der Waals surface area contributed by atoms with Gasteiger partial charge in [0.2, 0.25) is 0 Å². The van der Waals surface area contributed by atoms with Gasteiger partial charge in [-0.15, -0.1) is 6.58 Å². The summed E-state index contributed by atoms with van der Waals surface area (Å²) in [5.74, 6) is 0.269. The highest BCUT2D eigenvalue weighted by atomic mass is 16.5. The third-order valence-electron chi connectivity index (χ3n) is 2.49. The average Bonchev–Trinajstić information content (AvgIpc) is 2.38. The zero-order valence-electron chi connectivity index (χ0n) is 10.4. The Morgan fingerprint density at radius 2 is 2.33 bits per heavy atom. The first-order chi connectivity index (χ1) is 8.63. The third-order valence-corrected chi connectivity index (χ3v) is 2.49. The predicted molar refractivity (Wildman–Crippen MR) is 70.6 cm³/mol. The maximum absolute atomic E-state index is 12.2. The number of nitrogen functional groups attached to an aromatic ring is 1. The smallest absolute Gasteiger partial charge is 0.254 e. The molecular formula is C13H18N2O3. The number of benzene rings is 1. The summed E-state index contributed by atoms with van der Waals surface area (Å²) in [6.07, 6.45) is 1.61. The largest absolute Gasteiger partial charge is 0.495 e. The minimum atomic E-state index is -0.192. The summed E-state index contributed by atoms with van der Waals surface area (Å²) < 4.78 is 5.07. The summed E-state index contributed by atoms with van der Waals surface area (Å²) in [5, 5.41) is 8.93. The van der Waals surface area contributed by atoms with Crippen molar-refractivity contribution < 1.29 is 14.6 Å². The van der Waals surface area contributed by atoms with Gasteiger partial charge < -0.3 is 20.5 Å². The highest BCUT2D eigenvalue weighted by molar-refractivity contribution is 5.95. The summed E-state index contributed by atoms with van der Waals surface area (Å²) in [5.41, 5.74) is 6.63. The standard InChI is InChI=1S/C13H18N2O3/c1-3-6-15(7-8-16)13(17)10-4-5-11(14)12(9-10)18-2/h3-5,9,16H,1,6-8,14H2,2H3. The monoisotopic (exact) mass is 250 g/mol. The van der Waals surface area contributed by atoms with E-state index in [-0.39, 0.29) is 19.1 Å². The van der Waals surface area contributed by atoms with E-state index in [1.807, 2.05) is 0 Å². The van der Waals surface area contributed by atoms with E-state index >= 15 is 0 Å². The molecule has 0 spiro atoms. The number of aliphatic hydroxyl groups excluding tert-OH is 1. The molecule has 1 rings (SSSR count). The molecule has 1 aromatic carbocycles. The number of ether oxygens (including phenoxy) is 1. The van der Waals surface area contributed by atoms with Crippen LogP contribution in [0.1, 0.15) is 10.4 Å². The van der Waals surface area contributed by atoms with Crippen molar-refractivity contribution in [3.8, 4) is 5.75 Å². The Bertz CT molecular complexity index is 432. The molecule has 0 heterocycles. The lowest BCUT2D eigenvalue weighted by Gasteiger charge is -2.20. The van der Waals surface area contributed by atoms with Crippen LogP contribution in [-0.4, -0.2) is 42.7 Å². The van der Waals surface area contributed by atoms with Crippen LogP contribution in [0.5, 0.6) is 5.75 Å². The molecule has 3 N–H and O–H groups in total. The highest BCUT2D eigenvalue weighted by Crippen LogP contribution is 2.22. The van der Waals surface area contributed by atoms with Gasteiger partial charge in [-0.05, 0) is 18.2 Å². The van der Waals surface area contributed by atoms with E-state index in [4.69, 9.17) is 15.6 Å². The summed E-state index contributed by atoms with van der Waals surface area (Å²) in [6, 6.07) is 4.84. The lowest BCUT2D eigenvalue weighted by Crippen LogP contribution is -2.33. The van der Waals surface area contributed by atoms with E-state index in [2.05, 4.69) is 6.58 Å². The van der Waals surface area contributed by atoms with Crippen molar-refractivity contribution in [2.24, 2.45) is 0 Å². The van der Waals surface area contributed by atoms with Crippen molar-refractivity contribution in [1.29, 1.82) is 0 Å². The molecule has 0 unspecified atom stereocenters. The van der Waals surface area contributed by atoms with Gasteiger partial charge in [-0.25, -0.2) is 0 Å². The lowest BCUT2D eigenvalue weighted by atomic mass is 10.1. The molecule has 1 aromatic rings. The summed E-state index contributed by atoms with van der Waals surface area (Å²) in [6.45, 7) is 4.14. The topological polar surface area (TPSA) is 75.8 Å². The van der Waals surface area contributed by atoms with Crippen molar-refractivity contribution in [2.75, 3.05) is 32.5 Å². The van der Waals surface area contributed by atoms with Gasteiger partial charge >= 0.3 is 0 Å². The van der Waals surface area contributed by atoms with Crippen LogP contribution >= 0.6 is 0 Å². The fraction of sp³-hybridized carbons (Fsp3) is 0.308. The normalized spacial score (nSPS) is 9.89. The van der Waals surface area contributed by atoms with Gasteiger partial charge in [0.05, 0.1) is 19.4 Å². The maximum Gasteiger partial charge on any atom is 0.254 e. The van der Waals surface area contributed by atoms with Gasteiger partial charge in [0.25, 0.3) is 5.91 Å². The first-order valence-electron chi connectivity index (χ1n) is 5.58. The van der Waals surface area contributed by atoms with Crippen LogP contribution in [0.25, 0.3) is 0 Å². The number of carbonyl (C=O) groups is 1. The average molecular weight is 250 g/mol. The molecule has 0 atom stereocenters. The van der Waals surface area contributed by atoms with Crippen molar-refractivity contribution in [2.45, 2.75) is 0 Å². The molecule has 18 heavy (non-hydrogen) atoms. The molecule has 0 saturated carbocycles. The van der Waals surface area contributed by atoms with Crippen LogP contribution in [0, 0.1) is 0 Å². The molecule has 0 bridgehead atoms. The van der Waals surface area contributed by atoms with E-state index in [1.54, 1.807) is 24.3 Å². The lowest BCUT2D eigenvalue weighted by molar-refractivity contribution is 0.0742. The molecule has 0 fully saturated rings. The van der Waals surface area contributed by atoms with Gasteiger partial charge in [-0.1, -0.05) is 6.08 Å². The Kier molecular flexibility index (Phi) is 5.20. The van der Waals surface area contributed by atoms with Crippen molar-refractivity contribution >= 4 is 11.6 Å². The van der Waals surface area contributed by atoms with Crippen LogP contribution < -0.4 is 10.5 Å². The Morgan fingerprint density at radius 1 is 1.61 bits per heavy atom. The number of methoxy groups -OCH3 is 1. The molecule has 1 amide bonds. The van der Waals surface area contributed by atoms with Crippen LogP contribution in [0.4, 0.5) is 5.69 Å². The van der Waals surface area contributed by atoms with Gasteiger partial charge in [0, 0.05) is 18.7 Å². The second kappa shape index (κ2) is 6.66. The Balaban J connectivity index is 2.96. The SMILES string of the molecule is C=CCN(CCO)C(=O)c1ccc(N)c(OC)c1. The number of nitrogens with zero attached hydrogens (tertiary/aromatic N) is 1. The summed E-state index contributed by atoms with van der Waals surface area (Å²) in [4.78, 5) is 13.7. The summed E-state index contributed by atoms with van der Waals surface area (Å²) in [7, 11) is 1.50. The maximum atomic E-state index is 12.2. The Labute approximate surface area is 106 Å². The van der Waals surface area contributed by atoms with Gasteiger partial charge in [0.15, 0.2) is 0 Å². The zero-order chi connectivity index (χ0) is 13.5. The Morgan fingerprint density at radius 3 is 2.89 bits per heavy atom. The molecule has 0 aromatic heterocycles. The molecule has 5 heteroatoms. The number of hydrogen-bond acceptors (Lipinski definition) is 4. The number of amides is 1. The van der Waals surface area contributed by atoms with Crippen molar-refractivity contribution in [3.63, 3.8) is 0 Å². The van der Waals surface area contributed by atoms with Gasteiger partial charge in [-0.3, -0.25) is 4.79 Å². The number of anilines is 1. The second-order valence-corrected chi connectivity index (χ2v) is 3.72. The van der Waals surface area contributed by atoms with E-state index in [0.29, 0.717) is 23.5 Å².